The number of rotatable bonds is 20. The zero-order valence-corrected chi connectivity index (χ0v) is 33.8. The summed E-state index contributed by atoms with van der Waals surface area (Å²) in [4.78, 5) is 24.7. The third-order valence-electron chi connectivity index (χ3n) is 10.2. The molecular formula is C51H53N5O2. The minimum absolute atomic E-state index is 0.732. The van der Waals surface area contributed by atoms with Gasteiger partial charge in [-0.1, -0.05) is 108 Å². The van der Waals surface area contributed by atoms with Gasteiger partial charge in [0.1, 0.15) is 11.5 Å². The lowest BCUT2D eigenvalue weighted by atomic mass is 10.0. The molecule has 5 heterocycles. The zero-order chi connectivity index (χ0) is 39.8. The molecule has 0 fully saturated rings. The van der Waals surface area contributed by atoms with E-state index in [1.54, 1.807) is 12.4 Å². The van der Waals surface area contributed by atoms with Crippen LogP contribution in [0.5, 0.6) is 11.5 Å². The molecule has 0 aliphatic rings. The standard InChI is InChI=1S/C51H53N5O2/c1-3-5-7-9-15-32-57-42-26-22-38(23-27-42)40-34-48(44-18-11-13-30-52-44)55-50(36-40)46-20-17-21-47(54-46)51-37-41(35-49(56-51)45-19-12-14-31-53-45)39-24-28-43(29-25-39)58-33-16-10-8-6-4-2/h11-14,17-31,34-37H,3-10,15-16,32-33H2,1-2H3. The Morgan fingerprint density at radius 1 is 0.345 bits per heavy atom. The summed E-state index contributed by atoms with van der Waals surface area (Å²) in [5, 5.41) is 0. The van der Waals surface area contributed by atoms with E-state index in [4.69, 9.17) is 24.4 Å². The van der Waals surface area contributed by atoms with E-state index >= 15 is 0 Å². The average Bonchev–Trinajstić information content (AvgIpc) is 3.29. The summed E-state index contributed by atoms with van der Waals surface area (Å²) in [7, 11) is 0. The normalized spacial score (nSPS) is 11.1. The van der Waals surface area contributed by atoms with Crippen molar-refractivity contribution in [1.29, 1.82) is 0 Å². The summed E-state index contributed by atoms with van der Waals surface area (Å²) >= 11 is 0. The Morgan fingerprint density at radius 2 is 0.724 bits per heavy atom. The highest BCUT2D eigenvalue weighted by Crippen LogP contribution is 2.33. The number of hydrogen-bond acceptors (Lipinski definition) is 7. The molecule has 0 radical (unpaired) electrons. The van der Waals surface area contributed by atoms with E-state index in [2.05, 4.69) is 96.6 Å². The molecule has 0 aliphatic carbocycles. The Morgan fingerprint density at radius 3 is 1.12 bits per heavy atom. The molecule has 0 bridgehead atoms. The second kappa shape index (κ2) is 20.8. The van der Waals surface area contributed by atoms with Crippen molar-refractivity contribution in [3.8, 4) is 79.3 Å². The number of hydrogen-bond donors (Lipinski definition) is 0. The van der Waals surface area contributed by atoms with E-state index in [1.807, 2.05) is 54.6 Å². The highest BCUT2D eigenvalue weighted by atomic mass is 16.5. The number of nitrogens with zero attached hydrogens (tertiary/aromatic N) is 5. The number of pyridine rings is 5. The smallest absolute Gasteiger partial charge is 0.119 e. The Bertz CT molecular complexity index is 2150. The van der Waals surface area contributed by atoms with E-state index in [1.165, 1.54) is 51.4 Å². The van der Waals surface area contributed by atoms with Crippen LogP contribution in [0.3, 0.4) is 0 Å². The second-order valence-corrected chi connectivity index (χ2v) is 14.7. The van der Waals surface area contributed by atoms with Gasteiger partial charge in [-0.15, -0.1) is 0 Å². The quantitative estimate of drug-likeness (QED) is 0.0714. The van der Waals surface area contributed by atoms with Gasteiger partial charge in [-0.25, -0.2) is 15.0 Å². The van der Waals surface area contributed by atoms with Gasteiger partial charge in [-0.3, -0.25) is 9.97 Å². The van der Waals surface area contributed by atoms with Crippen LogP contribution in [0.2, 0.25) is 0 Å². The molecule has 7 aromatic rings. The van der Waals surface area contributed by atoms with Crippen molar-refractivity contribution in [2.45, 2.75) is 78.1 Å². The van der Waals surface area contributed by atoms with Gasteiger partial charge in [-0.05, 0) is 120 Å². The van der Waals surface area contributed by atoms with Crippen molar-refractivity contribution in [1.82, 2.24) is 24.9 Å². The summed E-state index contributed by atoms with van der Waals surface area (Å²) in [6.07, 6.45) is 15.7. The first-order valence-corrected chi connectivity index (χ1v) is 21.0. The van der Waals surface area contributed by atoms with E-state index < -0.39 is 0 Å². The van der Waals surface area contributed by atoms with Crippen molar-refractivity contribution in [2.24, 2.45) is 0 Å². The SMILES string of the molecule is CCCCCCCOc1ccc(-c2cc(-c3ccccn3)nc(-c3cccc(-c4cc(-c5ccc(OCCCCCCC)cc5)cc(-c5ccccn5)n4)n3)c2)cc1. The summed E-state index contributed by atoms with van der Waals surface area (Å²) in [5.74, 6) is 1.76. The van der Waals surface area contributed by atoms with Crippen LogP contribution in [0, 0.1) is 0 Å². The summed E-state index contributed by atoms with van der Waals surface area (Å²) in [6.45, 7) is 5.94. The summed E-state index contributed by atoms with van der Waals surface area (Å²) in [6, 6.07) is 42.8. The molecule has 0 unspecified atom stereocenters. The van der Waals surface area contributed by atoms with Gasteiger partial charge in [0, 0.05) is 12.4 Å². The van der Waals surface area contributed by atoms with Gasteiger partial charge in [0.25, 0.3) is 0 Å². The Hall–Kier alpha value is -6.21. The van der Waals surface area contributed by atoms with Crippen molar-refractivity contribution in [2.75, 3.05) is 13.2 Å². The zero-order valence-electron chi connectivity index (χ0n) is 33.8. The van der Waals surface area contributed by atoms with Crippen molar-refractivity contribution in [3.63, 3.8) is 0 Å². The average molecular weight is 768 g/mol. The van der Waals surface area contributed by atoms with Crippen molar-refractivity contribution >= 4 is 0 Å². The molecule has 0 saturated carbocycles. The van der Waals surface area contributed by atoms with Gasteiger partial charge in [-0.2, -0.15) is 0 Å². The third kappa shape index (κ3) is 11.0. The molecule has 58 heavy (non-hydrogen) atoms. The molecule has 5 aromatic heterocycles. The Balaban J connectivity index is 1.18. The highest BCUT2D eigenvalue weighted by molar-refractivity contribution is 5.78. The maximum absolute atomic E-state index is 6.08. The molecular weight excluding hydrogens is 715 g/mol. The molecule has 0 atom stereocenters. The fourth-order valence-electron chi connectivity index (χ4n) is 6.95. The molecule has 0 N–H and O–H groups in total. The number of ether oxygens (including phenoxy) is 2. The fraction of sp³-hybridized carbons (Fsp3) is 0.275. The van der Waals surface area contributed by atoms with Gasteiger partial charge >= 0.3 is 0 Å². The van der Waals surface area contributed by atoms with E-state index in [0.717, 1.165) is 105 Å². The van der Waals surface area contributed by atoms with E-state index in [-0.39, 0.29) is 0 Å². The first-order chi connectivity index (χ1) is 28.7. The third-order valence-corrected chi connectivity index (χ3v) is 10.2. The lowest BCUT2D eigenvalue weighted by molar-refractivity contribution is 0.304. The van der Waals surface area contributed by atoms with Crippen molar-refractivity contribution < 1.29 is 9.47 Å². The van der Waals surface area contributed by atoms with Crippen LogP contribution >= 0.6 is 0 Å². The van der Waals surface area contributed by atoms with Crippen LogP contribution in [0.4, 0.5) is 0 Å². The largest absolute Gasteiger partial charge is 0.494 e. The molecule has 7 nitrogen and oxygen atoms in total. The molecule has 2 aromatic carbocycles. The van der Waals surface area contributed by atoms with Gasteiger partial charge in [0.05, 0.1) is 58.8 Å². The monoisotopic (exact) mass is 767 g/mol. The molecule has 0 aliphatic heterocycles. The van der Waals surface area contributed by atoms with Crippen LogP contribution in [0.1, 0.15) is 78.1 Å². The maximum atomic E-state index is 6.08. The van der Waals surface area contributed by atoms with Crippen molar-refractivity contribution in [3.05, 3.63) is 140 Å². The Labute approximate surface area is 343 Å². The summed E-state index contributed by atoms with van der Waals surface area (Å²) in [5.41, 5.74) is 10.3. The topological polar surface area (TPSA) is 82.9 Å². The molecule has 0 spiro atoms. The second-order valence-electron chi connectivity index (χ2n) is 14.7. The lowest BCUT2D eigenvalue weighted by Crippen LogP contribution is -1.98. The van der Waals surface area contributed by atoms with E-state index in [0.29, 0.717) is 0 Å². The maximum Gasteiger partial charge on any atom is 0.119 e. The van der Waals surface area contributed by atoms with Crippen LogP contribution in [-0.2, 0) is 0 Å². The molecule has 7 heteroatoms. The van der Waals surface area contributed by atoms with E-state index in [9.17, 15) is 0 Å². The number of benzene rings is 2. The minimum atomic E-state index is 0.732. The van der Waals surface area contributed by atoms with Crippen LogP contribution < -0.4 is 9.47 Å². The number of unbranched alkanes of at least 4 members (excludes halogenated alkanes) is 8. The molecule has 294 valence electrons. The van der Waals surface area contributed by atoms with Crippen LogP contribution in [0.25, 0.3) is 67.8 Å². The Kier molecular flexibility index (Phi) is 14.4. The molecule has 0 amide bonds. The predicted octanol–water partition coefficient (Wildman–Crippen LogP) is 13.4. The minimum Gasteiger partial charge on any atom is -0.494 e. The first-order valence-electron chi connectivity index (χ1n) is 21.0. The lowest BCUT2D eigenvalue weighted by Gasteiger charge is -2.12. The molecule has 0 saturated heterocycles. The van der Waals surface area contributed by atoms with Gasteiger partial charge in [0.15, 0.2) is 0 Å². The number of aromatic nitrogens is 5. The predicted molar refractivity (Wildman–Crippen MR) is 237 cm³/mol. The van der Waals surface area contributed by atoms with Gasteiger partial charge in [0.2, 0.25) is 0 Å². The first kappa shape index (κ1) is 40.0. The van der Waals surface area contributed by atoms with Crippen LogP contribution in [0.15, 0.2) is 140 Å². The highest BCUT2D eigenvalue weighted by Gasteiger charge is 2.15. The van der Waals surface area contributed by atoms with Gasteiger partial charge < -0.3 is 9.47 Å². The summed E-state index contributed by atoms with van der Waals surface area (Å²) < 4.78 is 12.2. The fourth-order valence-corrected chi connectivity index (χ4v) is 6.95. The van der Waals surface area contributed by atoms with Crippen LogP contribution in [-0.4, -0.2) is 38.1 Å². The molecule has 7 rings (SSSR count).